The number of anilines is 1. The van der Waals surface area contributed by atoms with Crippen LogP contribution in [0.3, 0.4) is 0 Å². The van der Waals surface area contributed by atoms with Crippen LogP contribution in [0.25, 0.3) is 6.08 Å². The quantitative estimate of drug-likeness (QED) is 0.398. The van der Waals surface area contributed by atoms with Crippen molar-refractivity contribution in [2.75, 3.05) is 32.5 Å². The first kappa shape index (κ1) is 20.4. The van der Waals surface area contributed by atoms with Crippen LogP contribution >= 0.6 is 0 Å². The largest absolute Gasteiger partial charge is 0.457 e. The molecule has 0 saturated carbocycles. The van der Waals surface area contributed by atoms with Crippen LogP contribution in [0.4, 0.5) is 5.69 Å². The Morgan fingerprint density at radius 1 is 0.897 bits per heavy atom. The van der Waals surface area contributed by atoms with E-state index < -0.39 is 0 Å². The van der Waals surface area contributed by atoms with Crippen LogP contribution in [0.2, 0.25) is 0 Å². The summed E-state index contributed by atoms with van der Waals surface area (Å²) in [7, 11) is 4.08. The molecule has 4 heteroatoms. The molecular formula is C25H26N2O2. The second-order valence-electron chi connectivity index (χ2n) is 6.99. The number of ketones is 1. The number of allylic oxidation sites excluding steroid dienone is 1. The maximum atomic E-state index is 12.4. The third-order valence-electron chi connectivity index (χ3n) is 4.34. The van der Waals surface area contributed by atoms with Crippen molar-refractivity contribution in [3.8, 4) is 11.5 Å². The zero-order valence-corrected chi connectivity index (χ0v) is 16.8. The van der Waals surface area contributed by atoms with E-state index in [2.05, 4.69) is 10.2 Å². The van der Waals surface area contributed by atoms with Crippen molar-refractivity contribution in [1.29, 1.82) is 0 Å². The van der Waals surface area contributed by atoms with Crippen LogP contribution in [0.5, 0.6) is 11.5 Å². The van der Waals surface area contributed by atoms with Crippen LogP contribution < -0.4 is 10.1 Å². The number of para-hydroxylation sites is 1. The Hall–Kier alpha value is -3.37. The summed E-state index contributed by atoms with van der Waals surface area (Å²) in [6.07, 6.45) is 3.42. The topological polar surface area (TPSA) is 41.6 Å². The van der Waals surface area contributed by atoms with Gasteiger partial charge in [-0.3, -0.25) is 4.79 Å². The predicted molar refractivity (Wildman–Crippen MR) is 120 cm³/mol. The van der Waals surface area contributed by atoms with E-state index in [9.17, 15) is 4.79 Å². The van der Waals surface area contributed by atoms with Crippen LogP contribution in [0.1, 0.15) is 15.9 Å². The van der Waals surface area contributed by atoms with Gasteiger partial charge in [0.05, 0.1) is 0 Å². The Labute approximate surface area is 172 Å². The molecule has 0 unspecified atom stereocenters. The minimum atomic E-state index is -0.0190. The summed E-state index contributed by atoms with van der Waals surface area (Å²) < 4.78 is 5.78. The summed E-state index contributed by atoms with van der Waals surface area (Å²) >= 11 is 0. The lowest BCUT2D eigenvalue weighted by molar-refractivity contribution is 0.104. The number of carbonyl (C=O) groups excluding carboxylic acids is 1. The van der Waals surface area contributed by atoms with E-state index in [4.69, 9.17) is 4.74 Å². The highest BCUT2D eigenvalue weighted by Gasteiger charge is 2.02. The molecule has 3 aromatic rings. The molecule has 0 aliphatic rings. The average molecular weight is 386 g/mol. The van der Waals surface area contributed by atoms with Gasteiger partial charge < -0.3 is 15.0 Å². The SMILES string of the molecule is CN(C)CCNc1ccc(C(=O)/C=C/c2ccc(Oc3ccccc3)cc2)cc1. The van der Waals surface area contributed by atoms with Gasteiger partial charge in [0.1, 0.15) is 11.5 Å². The van der Waals surface area contributed by atoms with Crippen molar-refractivity contribution < 1.29 is 9.53 Å². The van der Waals surface area contributed by atoms with Gasteiger partial charge in [-0.2, -0.15) is 0 Å². The van der Waals surface area contributed by atoms with Gasteiger partial charge >= 0.3 is 0 Å². The van der Waals surface area contributed by atoms with Gasteiger partial charge in [-0.1, -0.05) is 36.4 Å². The van der Waals surface area contributed by atoms with Crippen LogP contribution in [-0.4, -0.2) is 37.9 Å². The number of benzene rings is 3. The Morgan fingerprint density at radius 2 is 1.55 bits per heavy atom. The molecule has 0 amide bonds. The van der Waals surface area contributed by atoms with Gasteiger partial charge in [0.2, 0.25) is 0 Å². The average Bonchev–Trinajstić information content (AvgIpc) is 2.74. The third kappa shape index (κ3) is 6.63. The smallest absolute Gasteiger partial charge is 0.185 e. The minimum Gasteiger partial charge on any atom is -0.457 e. The maximum Gasteiger partial charge on any atom is 0.185 e. The molecule has 3 rings (SSSR count). The Morgan fingerprint density at radius 3 is 2.21 bits per heavy atom. The molecule has 0 saturated heterocycles. The number of ether oxygens (including phenoxy) is 1. The van der Waals surface area contributed by atoms with E-state index in [1.807, 2.05) is 99.0 Å². The van der Waals surface area contributed by atoms with Gasteiger partial charge in [-0.05, 0) is 74.3 Å². The molecule has 4 nitrogen and oxygen atoms in total. The van der Waals surface area contributed by atoms with Crippen molar-refractivity contribution in [3.63, 3.8) is 0 Å². The minimum absolute atomic E-state index is 0.0190. The highest BCUT2D eigenvalue weighted by atomic mass is 16.5. The molecule has 0 aliphatic carbocycles. The molecule has 0 fully saturated rings. The lowest BCUT2D eigenvalue weighted by Crippen LogP contribution is -2.20. The lowest BCUT2D eigenvalue weighted by atomic mass is 10.1. The van der Waals surface area contributed by atoms with Crippen LogP contribution in [0.15, 0.2) is 84.9 Å². The maximum absolute atomic E-state index is 12.4. The van der Waals surface area contributed by atoms with Crippen molar-refractivity contribution in [1.82, 2.24) is 4.90 Å². The van der Waals surface area contributed by atoms with E-state index in [0.717, 1.165) is 35.8 Å². The zero-order chi connectivity index (χ0) is 20.5. The predicted octanol–water partition coefficient (Wildman–Crippen LogP) is 5.35. The number of hydrogen-bond acceptors (Lipinski definition) is 4. The van der Waals surface area contributed by atoms with Gasteiger partial charge in [0.25, 0.3) is 0 Å². The van der Waals surface area contributed by atoms with Gasteiger partial charge in [-0.15, -0.1) is 0 Å². The van der Waals surface area contributed by atoms with Gasteiger partial charge in [0.15, 0.2) is 5.78 Å². The van der Waals surface area contributed by atoms with Crippen LogP contribution in [0, 0.1) is 0 Å². The Balaban J connectivity index is 1.54. The molecule has 0 bridgehead atoms. The summed E-state index contributed by atoms with van der Waals surface area (Å²) in [6, 6.07) is 24.9. The van der Waals surface area contributed by atoms with E-state index in [0.29, 0.717) is 5.56 Å². The fourth-order valence-electron chi connectivity index (χ4n) is 2.72. The summed E-state index contributed by atoms with van der Waals surface area (Å²) in [4.78, 5) is 14.5. The van der Waals surface area contributed by atoms with Crippen molar-refractivity contribution in [2.24, 2.45) is 0 Å². The standard InChI is InChI=1S/C25H26N2O2/c1-27(2)19-18-26-22-13-11-21(12-14-22)25(28)17-10-20-8-15-24(16-9-20)29-23-6-4-3-5-7-23/h3-17,26H,18-19H2,1-2H3/b17-10+. The fourth-order valence-corrected chi connectivity index (χ4v) is 2.72. The summed E-state index contributed by atoms with van der Waals surface area (Å²) in [5.41, 5.74) is 2.63. The van der Waals surface area contributed by atoms with E-state index >= 15 is 0 Å². The van der Waals surface area contributed by atoms with E-state index in [-0.39, 0.29) is 5.78 Å². The Bertz CT molecular complexity index is 931. The zero-order valence-electron chi connectivity index (χ0n) is 16.8. The van der Waals surface area contributed by atoms with Crippen LogP contribution in [-0.2, 0) is 0 Å². The lowest BCUT2D eigenvalue weighted by Gasteiger charge is -2.11. The summed E-state index contributed by atoms with van der Waals surface area (Å²) in [5.74, 6) is 1.54. The summed E-state index contributed by atoms with van der Waals surface area (Å²) in [6.45, 7) is 1.82. The molecule has 29 heavy (non-hydrogen) atoms. The monoisotopic (exact) mass is 386 g/mol. The van der Waals surface area contributed by atoms with E-state index in [1.54, 1.807) is 6.08 Å². The number of hydrogen-bond donors (Lipinski definition) is 1. The second kappa shape index (κ2) is 10.2. The van der Waals surface area contributed by atoms with Crippen molar-refractivity contribution >= 4 is 17.5 Å². The molecule has 0 spiro atoms. The normalized spacial score (nSPS) is 11.0. The molecular weight excluding hydrogens is 360 g/mol. The first-order valence-electron chi connectivity index (χ1n) is 9.64. The molecule has 0 aliphatic heterocycles. The van der Waals surface area contributed by atoms with Gasteiger partial charge in [-0.25, -0.2) is 0 Å². The number of nitrogens with one attached hydrogen (secondary N) is 1. The molecule has 0 atom stereocenters. The molecule has 3 aromatic carbocycles. The number of nitrogens with zero attached hydrogens (tertiary/aromatic N) is 1. The Kier molecular flexibility index (Phi) is 7.20. The molecule has 148 valence electrons. The first-order chi connectivity index (χ1) is 14.1. The fraction of sp³-hybridized carbons (Fsp3) is 0.160. The van der Waals surface area contributed by atoms with E-state index in [1.165, 1.54) is 0 Å². The third-order valence-corrected chi connectivity index (χ3v) is 4.34. The number of carbonyl (C=O) groups is 1. The number of likely N-dealkylation sites (N-methyl/N-ethyl adjacent to an activating group) is 1. The highest BCUT2D eigenvalue weighted by molar-refractivity contribution is 6.06. The van der Waals surface area contributed by atoms with Gasteiger partial charge in [0, 0.05) is 24.3 Å². The molecule has 0 radical (unpaired) electrons. The molecule has 0 heterocycles. The summed E-state index contributed by atoms with van der Waals surface area (Å²) in [5, 5.41) is 3.34. The second-order valence-corrected chi connectivity index (χ2v) is 6.99. The van der Waals surface area contributed by atoms with Crippen molar-refractivity contribution in [3.05, 3.63) is 96.1 Å². The van der Waals surface area contributed by atoms with Crippen molar-refractivity contribution in [2.45, 2.75) is 0 Å². The number of rotatable bonds is 9. The highest BCUT2D eigenvalue weighted by Crippen LogP contribution is 2.21. The molecule has 1 N–H and O–H groups in total. The first-order valence-corrected chi connectivity index (χ1v) is 9.64. The molecule has 0 aromatic heterocycles.